The second-order valence-electron chi connectivity index (χ2n) is 7.80. The van der Waals surface area contributed by atoms with E-state index in [0.29, 0.717) is 17.1 Å². The molecule has 0 N–H and O–H groups in total. The van der Waals surface area contributed by atoms with Crippen LogP contribution in [-0.4, -0.2) is 59.9 Å². The quantitative estimate of drug-likeness (QED) is 0.779. The smallest absolute Gasteiger partial charge is 0.253 e. The average molecular weight is 404 g/mol. The van der Waals surface area contributed by atoms with Crippen molar-refractivity contribution < 1.29 is 13.2 Å². The lowest BCUT2D eigenvalue weighted by atomic mass is 9.98. The van der Waals surface area contributed by atoms with Crippen molar-refractivity contribution in [2.75, 3.05) is 30.2 Å². The fourth-order valence-electron chi connectivity index (χ4n) is 3.89. The summed E-state index contributed by atoms with van der Waals surface area (Å²) in [4.78, 5) is 19.1. The van der Waals surface area contributed by atoms with Crippen molar-refractivity contribution >= 4 is 21.6 Å². The van der Waals surface area contributed by atoms with Crippen LogP contribution in [-0.2, 0) is 10.0 Å². The maximum atomic E-state index is 12.8. The van der Waals surface area contributed by atoms with E-state index in [2.05, 4.69) is 10.1 Å². The highest BCUT2D eigenvalue weighted by Crippen LogP contribution is 2.41. The van der Waals surface area contributed by atoms with Crippen LogP contribution in [0.2, 0.25) is 0 Å². The third kappa shape index (κ3) is 3.28. The number of fused-ring (bicyclic) bond motifs is 1. The maximum Gasteiger partial charge on any atom is 0.253 e. The topological polar surface area (TPSA) is 88.4 Å². The van der Waals surface area contributed by atoms with Gasteiger partial charge in [0.05, 0.1) is 17.9 Å². The van der Waals surface area contributed by atoms with E-state index in [-0.39, 0.29) is 24.4 Å². The van der Waals surface area contributed by atoms with Gasteiger partial charge < -0.3 is 4.90 Å². The summed E-state index contributed by atoms with van der Waals surface area (Å²) < 4.78 is 27.8. The Labute approximate surface area is 165 Å². The van der Waals surface area contributed by atoms with E-state index in [1.54, 1.807) is 23.1 Å². The second kappa shape index (κ2) is 6.88. The Kier molecular flexibility index (Phi) is 4.65. The summed E-state index contributed by atoms with van der Waals surface area (Å²) in [6.07, 6.45) is 4.92. The molecule has 0 bridgehead atoms. The van der Waals surface area contributed by atoms with Crippen LogP contribution in [0.25, 0.3) is 0 Å². The number of hydrogen-bond donors (Lipinski definition) is 0. The van der Waals surface area contributed by atoms with Gasteiger partial charge in [-0.3, -0.25) is 13.8 Å². The van der Waals surface area contributed by atoms with Gasteiger partial charge >= 0.3 is 0 Å². The minimum Gasteiger partial charge on any atom is -0.339 e. The van der Waals surface area contributed by atoms with Crippen LogP contribution in [0.15, 0.2) is 24.5 Å². The minimum atomic E-state index is -3.44. The molecular weight excluding hydrogens is 378 g/mol. The normalized spacial score (nSPS) is 19.5. The number of amides is 1. The largest absolute Gasteiger partial charge is 0.339 e. The Morgan fingerprint density at radius 1 is 1.21 bits per heavy atom. The van der Waals surface area contributed by atoms with Crippen molar-refractivity contribution in [3.05, 3.63) is 41.5 Å². The molecule has 2 aliphatic rings. The Morgan fingerprint density at radius 3 is 2.54 bits per heavy atom. The first-order valence-electron chi connectivity index (χ1n) is 9.57. The van der Waals surface area contributed by atoms with Gasteiger partial charge in [0.15, 0.2) is 5.82 Å². The van der Waals surface area contributed by atoms with Crippen LogP contribution in [0.5, 0.6) is 0 Å². The van der Waals surface area contributed by atoms with Crippen molar-refractivity contribution in [3.8, 4) is 0 Å². The molecule has 1 unspecified atom stereocenters. The fourth-order valence-corrected chi connectivity index (χ4v) is 4.83. The average Bonchev–Trinajstić information content (AvgIpc) is 3.37. The first-order chi connectivity index (χ1) is 13.3. The number of anilines is 1. The van der Waals surface area contributed by atoms with Crippen molar-refractivity contribution in [1.82, 2.24) is 19.7 Å². The van der Waals surface area contributed by atoms with Crippen molar-refractivity contribution in [1.29, 1.82) is 0 Å². The third-order valence-corrected chi connectivity index (χ3v) is 6.57. The summed E-state index contributed by atoms with van der Waals surface area (Å²) >= 11 is 0. The number of rotatable bonds is 4. The van der Waals surface area contributed by atoms with Gasteiger partial charge in [0, 0.05) is 31.2 Å². The van der Waals surface area contributed by atoms with Gasteiger partial charge in [0.2, 0.25) is 10.0 Å². The summed E-state index contributed by atoms with van der Waals surface area (Å²) in [5, 5.41) is 4.55. The summed E-state index contributed by atoms with van der Waals surface area (Å²) in [5.74, 6) is 0.278. The van der Waals surface area contributed by atoms with Gasteiger partial charge in [0.25, 0.3) is 5.91 Å². The van der Waals surface area contributed by atoms with Crippen LogP contribution in [0.1, 0.15) is 60.4 Å². The van der Waals surface area contributed by atoms with E-state index in [0.717, 1.165) is 31.5 Å². The third-order valence-electron chi connectivity index (χ3n) is 5.43. The van der Waals surface area contributed by atoms with Crippen LogP contribution in [0.3, 0.4) is 0 Å². The molecule has 150 valence electrons. The van der Waals surface area contributed by atoms with E-state index in [1.807, 2.05) is 24.8 Å². The van der Waals surface area contributed by atoms with E-state index < -0.39 is 10.0 Å². The predicted molar refractivity (Wildman–Crippen MR) is 106 cm³/mol. The van der Waals surface area contributed by atoms with E-state index in [9.17, 15) is 13.2 Å². The molecule has 1 atom stereocenters. The SMILES string of the molecule is CC(C)n1cnc(C2CN(S(C)(=O)=O)c3ccc(C(=O)N4CCCC4)cc32)n1. The Balaban J connectivity index is 1.76. The van der Waals surface area contributed by atoms with E-state index >= 15 is 0 Å². The van der Waals surface area contributed by atoms with Gasteiger partial charge in [-0.25, -0.2) is 13.4 Å². The number of nitrogens with zero attached hydrogens (tertiary/aromatic N) is 5. The molecule has 0 spiro atoms. The molecule has 1 saturated heterocycles. The number of hydrogen-bond acceptors (Lipinski definition) is 5. The van der Waals surface area contributed by atoms with Crippen LogP contribution in [0, 0.1) is 0 Å². The van der Waals surface area contributed by atoms with Crippen molar-refractivity contribution in [2.24, 2.45) is 0 Å². The Morgan fingerprint density at radius 2 is 1.93 bits per heavy atom. The molecule has 3 heterocycles. The predicted octanol–water partition coefficient (Wildman–Crippen LogP) is 2.01. The molecule has 8 nitrogen and oxygen atoms in total. The first-order valence-corrected chi connectivity index (χ1v) is 11.4. The van der Waals surface area contributed by atoms with Crippen LogP contribution >= 0.6 is 0 Å². The van der Waals surface area contributed by atoms with Crippen LogP contribution < -0.4 is 4.31 Å². The highest BCUT2D eigenvalue weighted by molar-refractivity contribution is 7.92. The van der Waals surface area contributed by atoms with Gasteiger partial charge in [-0.15, -0.1) is 0 Å². The molecular formula is C19H25N5O3S. The summed E-state index contributed by atoms with van der Waals surface area (Å²) in [7, 11) is -3.44. The molecule has 1 amide bonds. The van der Waals surface area contributed by atoms with E-state index in [4.69, 9.17) is 0 Å². The lowest BCUT2D eigenvalue weighted by molar-refractivity contribution is 0.0792. The van der Waals surface area contributed by atoms with Crippen molar-refractivity contribution in [3.63, 3.8) is 0 Å². The maximum absolute atomic E-state index is 12.8. The Bertz CT molecular complexity index is 1010. The molecule has 1 aromatic carbocycles. The lowest BCUT2D eigenvalue weighted by Gasteiger charge is -2.18. The van der Waals surface area contributed by atoms with Gasteiger partial charge in [-0.2, -0.15) is 5.10 Å². The number of carbonyl (C=O) groups is 1. The molecule has 2 aromatic rings. The van der Waals surface area contributed by atoms with Gasteiger partial charge in [-0.05, 0) is 50.5 Å². The zero-order valence-electron chi connectivity index (χ0n) is 16.4. The summed E-state index contributed by atoms with van der Waals surface area (Å²) in [5.41, 5.74) is 1.98. The molecule has 4 rings (SSSR count). The highest BCUT2D eigenvalue weighted by atomic mass is 32.2. The number of aromatic nitrogens is 3. The van der Waals surface area contributed by atoms with E-state index in [1.165, 1.54) is 10.6 Å². The summed E-state index contributed by atoms with van der Waals surface area (Å²) in [6, 6.07) is 5.44. The zero-order chi connectivity index (χ0) is 20.1. The first kappa shape index (κ1) is 18.9. The molecule has 0 aliphatic carbocycles. The summed E-state index contributed by atoms with van der Waals surface area (Å²) in [6.45, 7) is 5.81. The second-order valence-corrected chi connectivity index (χ2v) is 9.70. The molecule has 1 aromatic heterocycles. The number of carbonyl (C=O) groups excluding carboxylic acids is 1. The fraction of sp³-hybridized carbons (Fsp3) is 0.526. The number of benzene rings is 1. The van der Waals surface area contributed by atoms with Crippen molar-refractivity contribution in [2.45, 2.75) is 38.6 Å². The minimum absolute atomic E-state index is 0.00229. The Hall–Kier alpha value is -2.42. The highest BCUT2D eigenvalue weighted by Gasteiger charge is 2.37. The lowest BCUT2D eigenvalue weighted by Crippen LogP contribution is -2.29. The molecule has 0 radical (unpaired) electrons. The number of sulfonamides is 1. The molecule has 1 fully saturated rings. The molecule has 2 aliphatic heterocycles. The zero-order valence-corrected chi connectivity index (χ0v) is 17.2. The molecule has 0 saturated carbocycles. The number of likely N-dealkylation sites (tertiary alicyclic amines) is 1. The van der Waals surface area contributed by atoms with Gasteiger partial charge in [0.1, 0.15) is 6.33 Å². The van der Waals surface area contributed by atoms with Crippen LogP contribution in [0.4, 0.5) is 5.69 Å². The standard InChI is InChI=1S/C19H25N5O3S/c1-13(2)23-12-20-18(21-23)16-11-24(28(3,26)27)17-7-6-14(10-15(16)17)19(25)22-8-4-5-9-22/h6-7,10,12-13,16H,4-5,8-9,11H2,1-3H3. The molecule has 28 heavy (non-hydrogen) atoms. The van der Waals surface area contributed by atoms with Gasteiger partial charge in [-0.1, -0.05) is 0 Å². The molecule has 9 heteroatoms. The monoisotopic (exact) mass is 403 g/mol.